The van der Waals surface area contributed by atoms with E-state index in [-0.39, 0.29) is 18.4 Å². The van der Waals surface area contributed by atoms with Crippen LogP contribution in [0.1, 0.15) is 24.0 Å². The summed E-state index contributed by atoms with van der Waals surface area (Å²) in [6, 6.07) is 8.82. The maximum absolute atomic E-state index is 12.4. The number of carbonyl (C=O) groups is 3. The van der Waals surface area contributed by atoms with Crippen LogP contribution in [0, 0.1) is 6.92 Å². The number of benzene rings is 1. The molecule has 0 aliphatic carbocycles. The summed E-state index contributed by atoms with van der Waals surface area (Å²) >= 11 is 0. The van der Waals surface area contributed by atoms with Gasteiger partial charge in [-0.3, -0.25) is 9.59 Å². The molecule has 1 aliphatic rings. The maximum atomic E-state index is 12.4. The molecule has 3 heterocycles. The van der Waals surface area contributed by atoms with Gasteiger partial charge < -0.3 is 13.7 Å². The van der Waals surface area contributed by atoms with E-state index in [1.807, 2.05) is 6.07 Å². The van der Waals surface area contributed by atoms with Gasteiger partial charge in [-0.2, -0.15) is 0 Å². The van der Waals surface area contributed by atoms with Crippen LogP contribution < -0.4 is 5.63 Å². The molecule has 1 aliphatic heterocycles. The molecule has 0 unspecified atom stereocenters. The number of fused-ring (bicyclic) bond motifs is 1. The summed E-state index contributed by atoms with van der Waals surface area (Å²) in [6.45, 7) is 1.70. The monoisotopic (exact) mass is 381 g/mol. The highest BCUT2D eigenvalue weighted by molar-refractivity contribution is 6.01. The second-order valence-electron chi connectivity index (χ2n) is 6.40. The van der Waals surface area contributed by atoms with Crippen LogP contribution in [0.15, 0.2) is 50.2 Å². The van der Waals surface area contributed by atoms with Gasteiger partial charge in [0.1, 0.15) is 11.3 Å². The first kappa shape index (κ1) is 17.7. The van der Waals surface area contributed by atoms with Gasteiger partial charge >= 0.3 is 11.6 Å². The van der Waals surface area contributed by atoms with E-state index >= 15 is 0 Å². The smallest absolute Gasteiger partial charge is 0.340 e. The second-order valence-corrected chi connectivity index (χ2v) is 6.40. The van der Waals surface area contributed by atoms with Crippen LogP contribution in [-0.4, -0.2) is 22.8 Å². The number of carbonyl (C=O) groups excluding carboxylic acids is 3. The maximum Gasteiger partial charge on any atom is 0.340 e. The molecule has 3 aromatic rings. The first-order valence-electron chi connectivity index (χ1n) is 8.61. The molecule has 0 atom stereocenters. The number of hydroxylamine groups is 2. The molecule has 0 N–H and O–H groups in total. The van der Waals surface area contributed by atoms with Gasteiger partial charge in [-0.05, 0) is 30.7 Å². The van der Waals surface area contributed by atoms with Crippen molar-refractivity contribution >= 4 is 28.8 Å². The van der Waals surface area contributed by atoms with E-state index < -0.39 is 29.8 Å². The van der Waals surface area contributed by atoms with Crippen molar-refractivity contribution in [3.8, 4) is 11.3 Å². The van der Waals surface area contributed by atoms with Crippen molar-refractivity contribution in [2.45, 2.75) is 26.2 Å². The van der Waals surface area contributed by atoms with E-state index in [2.05, 4.69) is 0 Å². The molecule has 2 aromatic heterocycles. The molecular weight excluding hydrogens is 366 g/mol. The molecule has 1 aromatic carbocycles. The Labute approximate surface area is 158 Å². The minimum absolute atomic E-state index is 0.00125. The predicted molar refractivity (Wildman–Crippen MR) is 95.8 cm³/mol. The molecule has 0 saturated carbocycles. The highest BCUT2D eigenvalue weighted by atomic mass is 16.7. The molecule has 142 valence electrons. The summed E-state index contributed by atoms with van der Waals surface area (Å²) in [5.41, 5.74) is 1.10. The molecule has 8 nitrogen and oxygen atoms in total. The van der Waals surface area contributed by atoms with Crippen LogP contribution in [0.2, 0.25) is 0 Å². The minimum Gasteiger partial charge on any atom is -0.464 e. The van der Waals surface area contributed by atoms with Gasteiger partial charge in [-0.25, -0.2) is 9.59 Å². The lowest BCUT2D eigenvalue weighted by Crippen LogP contribution is -2.33. The summed E-state index contributed by atoms with van der Waals surface area (Å²) in [5, 5.41) is 1.11. The van der Waals surface area contributed by atoms with E-state index in [0.29, 0.717) is 27.4 Å². The lowest BCUT2D eigenvalue weighted by atomic mass is 10.0. The Bertz CT molecular complexity index is 1140. The largest absolute Gasteiger partial charge is 0.464 e. The van der Waals surface area contributed by atoms with Crippen LogP contribution in [0.4, 0.5) is 0 Å². The third kappa shape index (κ3) is 3.09. The lowest BCUT2D eigenvalue weighted by molar-refractivity contribution is -0.197. The lowest BCUT2D eigenvalue weighted by Gasteiger charge is -2.13. The highest BCUT2D eigenvalue weighted by Gasteiger charge is 2.33. The van der Waals surface area contributed by atoms with Gasteiger partial charge in [0.15, 0.2) is 0 Å². The zero-order valence-corrected chi connectivity index (χ0v) is 14.9. The summed E-state index contributed by atoms with van der Waals surface area (Å²) < 4.78 is 10.7. The molecule has 28 heavy (non-hydrogen) atoms. The van der Waals surface area contributed by atoms with Gasteiger partial charge in [-0.1, -0.05) is 12.1 Å². The van der Waals surface area contributed by atoms with Gasteiger partial charge in [0.2, 0.25) is 0 Å². The Morgan fingerprint density at radius 2 is 1.89 bits per heavy atom. The van der Waals surface area contributed by atoms with Crippen molar-refractivity contribution in [3.05, 3.63) is 58.1 Å². The van der Waals surface area contributed by atoms with Crippen molar-refractivity contribution < 1.29 is 28.1 Å². The van der Waals surface area contributed by atoms with Crippen LogP contribution in [0.25, 0.3) is 22.3 Å². The fourth-order valence-electron chi connectivity index (χ4n) is 3.13. The topological polar surface area (TPSA) is 107 Å². The Morgan fingerprint density at radius 3 is 2.57 bits per heavy atom. The van der Waals surface area contributed by atoms with Crippen LogP contribution in [0.3, 0.4) is 0 Å². The fourth-order valence-corrected chi connectivity index (χ4v) is 3.13. The third-order valence-corrected chi connectivity index (χ3v) is 4.61. The quantitative estimate of drug-likeness (QED) is 0.505. The average Bonchev–Trinajstić information content (AvgIpc) is 3.31. The first-order valence-corrected chi connectivity index (χ1v) is 8.61. The van der Waals surface area contributed by atoms with Crippen LogP contribution >= 0.6 is 0 Å². The number of furan rings is 1. The number of hydrogen-bond donors (Lipinski definition) is 0. The van der Waals surface area contributed by atoms with Gasteiger partial charge in [0.25, 0.3) is 11.8 Å². The number of rotatable bonds is 4. The molecular formula is C20H15NO7. The SMILES string of the molecule is Cc1c(CC(=O)ON2C(=O)CCC2=O)c(=O)oc2cc(-c3ccco3)ccc12. The number of aryl methyl sites for hydroxylation is 1. The number of hydrogen-bond acceptors (Lipinski definition) is 7. The van der Waals surface area contributed by atoms with E-state index in [0.717, 1.165) is 5.56 Å². The third-order valence-electron chi connectivity index (χ3n) is 4.61. The number of imide groups is 1. The summed E-state index contributed by atoms with van der Waals surface area (Å²) in [5.74, 6) is -1.41. The van der Waals surface area contributed by atoms with E-state index in [1.54, 1.807) is 37.5 Å². The summed E-state index contributed by atoms with van der Waals surface area (Å²) in [4.78, 5) is 52.5. The van der Waals surface area contributed by atoms with Crippen molar-refractivity contribution in [1.29, 1.82) is 0 Å². The predicted octanol–water partition coefficient (Wildman–Crippen LogP) is 2.51. The van der Waals surface area contributed by atoms with Gasteiger partial charge in [0.05, 0.1) is 18.2 Å². The van der Waals surface area contributed by atoms with Crippen LogP contribution in [0.5, 0.6) is 0 Å². The number of nitrogens with zero attached hydrogens (tertiary/aromatic N) is 1. The van der Waals surface area contributed by atoms with E-state index in [4.69, 9.17) is 13.7 Å². The molecule has 0 spiro atoms. The first-order chi connectivity index (χ1) is 13.4. The molecule has 8 heteroatoms. The summed E-state index contributed by atoms with van der Waals surface area (Å²) in [6.07, 6.45) is 1.13. The number of amides is 2. The van der Waals surface area contributed by atoms with Gasteiger partial charge in [-0.15, -0.1) is 5.06 Å². The van der Waals surface area contributed by atoms with Gasteiger partial charge in [0, 0.05) is 23.8 Å². The second kappa shape index (κ2) is 6.80. The standard InChI is InChI=1S/C20H15NO7/c1-11-13-5-4-12(15-3-2-8-26-15)9-16(13)27-20(25)14(11)10-19(24)28-21-17(22)6-7-18(21)23/h2-5,8-9H,6-7,10H2,1H3. The highest BCUT2D eigenvalue weighted by Crippen LogP contribution is 2.27. The summed E-state index contributed by atoms with van der Waals surface area (Å²) in [7, 11) is 0. The Kier molecular flexibility index (Phi) is 4.31. The van der Waals surface area contributed by atoms with Crippen LogP contribution in [-0.2, 0) is 25.6 Å². The molecule has 2 amide bonds. The molecule has 0 bridgehead atoms. The Hall–Kier alpha value is -3.68. The fraction of sp³-hybridized carbons (Fsp3) is 0.200. The molecule has 1 saturated heterocycles. The van der Waals surface area contributed by atoms with Crippen molar-refractivity contribution in [2.24, 2.45) is 0 Å². The van der Waals surface area contributed by atoms with Crippen molar-refractivity contribution in [2.75, 3.05) is 0 Å². The Balaban J connectivity index is 1.63. The Morgan fingerprint density at radius 1 is 1.14 bits per heavy atom. The molecule has 0 radical (unpaired) electrons. The van der Waals surface area contributed by atoms with Crippen molar-refractivity contribution in [3.63, 3.8) is 0 Å². The van der Waals surface area contributed by atoms with Crippen molar-refractivity contribution in [1.82, 2.24) is 5.06 Å². The average molecular weight is 381 g/mol. The van der Waals surface area contributed by atoms with E-state index in [9.17, 15) is 19.2 Å². The molecule has 1 fully saturated rings. The molecule has 4 rings (SSSR count). The normalized spacial score (nSPS) is 14.1. The zero-order valence-electron chi connectivity index (χ0n) is 14.9. The van der Waals surface area contributed by atoms with E-state index in [1.165, 1.54) is 0 Å². The minimum atomic E-state index is -0.884. The zero-order chi connectivity index (χ0) is 19.8.